The fourth-order valence-electron chi connectivity index (χ4n) is 18.5. The van der Waals surface area contributed by atoms with Crippen LogP contribution in [0.3, 0.4) is 0 Å². The molecule has 10 aromatic rings. The number of hydrogen-bond acceptors (Lipinski definition) is 13. The molecule has 0 aliphatic heterocycles. The molecule has 8 saturated carbocycles. The van der Waals surface area contributed by atoms with Gasteiger partial charge in [-0.05, 0) is 278 Å². The van der Waals surface area contributed by atoms with Crippen LogP contribution in [0, 0.1) is 63.9 Å². The number of rotatable bonds is 18. The molecule has 3 atom stereocenters. The minimum Gasteiger partial charge on any atom is -1.00 e. The Kier molecular flexibility index (Phi) is 25.7. The second-order valence-electron chi connectivity index (χ2n) is 29.2. The smallest absolute Gasteiger partial charge is 1.00 e. The number of ether oxygens (including phenoxy) is 2. The molecule has 0 amide bonds. The van der Waals surface area contributed by atoms with E-state index in [2.05, 4.69) is 4.89 Å². The number of Topliss-reactive ketones (excluding diaryl/α,β-unsaturated/α-hetero) is 4. The van der Waals surface area contributed by atoms with Gasteiger partial charge in [0.1, 0.15) is 40.4 Å². The molecular weight excluding hydrogens is 1430 g/mol. The Bertz CT molecular complexity index is 4710. The zero-order chi connectivity index (χ0) is 73.0. The number of benzene rings is 10. The van der Waals surface area contributed by atoms with Crippen LogP contribution in [0.2, 0.25) is 0 Å². The molecule has 8 bridgehead atoms. The number of aryl methyl sites for hydroxylation is 1. The van der Waals surface area contributed by atoms with Gasteiger partial charge >= 0.3 is 103 Å². The van der Waals surface area contributed by atoms with Crippen molar-refractivity contribution in [1.29, 1.82) is 0 Å². The van der Waals surface area contributed by atoms with Crippen LogP contribution in [-0.2, 0) is 18.8 Å². The van der Waals surface area contributed by atoms with Crippen molar-refractivity contribution in [3.05, 3.63) is 294 Å². The molecule has 0 spiro atoms. The van der Waals surface area contributed by atoms with E-state index < -0.39 is 35.9 Å². The van der Waals surface area contributed by atoms with Crippen molar-refractivity contribution in [2.45, 2.75) is 84.0 Å². The third-order valence-corrected chi connectivity index (χ3v) is 28.4. The van der Waals surface area contributed by atoms with E-state index in [9.17, 15) is 47.3 Å². The molecule has 13 nitrogen and oxygen atoms in total. The average Bonchev–Trinajstić information content (AvgIpc) is 0.711. The first-order chi connectivity index (χ1) is 50.1. The summed E-state index contributed by atoms with van der Waals surface area (Å²) >= 11 is 0. The maximum atomic E-state index is 14.8. The summed E-state index contributed by atoms with van der Waals surface area (Å²) in [4.78, 5) is 66.7. The van der Waals surface area contributed by atoms with Gasteiger partial charge in [-0.2, -0.15) is 0 Å². The molecule has 106 heavy (non-hydrogen) atoms. The number of hydrogen-bond donors (Lipinski definition) is 2. The largest absolute Gasteiger partial charge is 1.00 e. The van der Waals surface area contributed by atoms with Crippen LogP contribution in [0.1, 0.15) is 125 Å². The maximum absolute atomic E-state index is 14.8. The van der Waals surface area contributed by atoms with Crippen molar-refractivity contribution in [3.8, 4) is 28.7 Å². The van der Waals surface area contributed by atoms with Gasteiger partial charge in [-0.25, -0.2) is 8.78 Å². The molecule has 0 radical (unpaired) electrons. The summed E-state index contributed by atoms with van der Waals surface area (Å²) in [5.74, 6) is 3.74. The molecule has 8 aliphatic rings. The van der Waals surface area contributed by atoms with Crippen LogP contribution in [0.25, 0.3) is 0 Å². The summed E-state index contributed by atoms with van der Waals surface area (Å²) in [5.41, 5.74) is 1.85. The van der Waals surface area contributed by atoms with Gasteiger partial charge in [-0.15, -0.1) is 0 Å². The summed E-state index contributed by atoms with van der Waals surface area (Å²) in [6, 6.07) is 73.1. The number of carbonyl (C=O) groups excluding carboxylic acids is 5. The summed E-state index contributed by atoms with van der Waals surface area (Å²) in [7, 11) is -4.62. The number of carbonyl (C=O) groups is 5. The van der Waals surface area contributed by atoms with Crippen LogP contribution >= 0.6 is 14.3 Å². The van der Waals surface area contributed by atoms with Crippen LogP contribution in [0.5, 0.6) is 28.7 Å². The van der Waals surface area contributed by atoms with Crippen molar-refractivity contribution >= 4 is 75.7 Å². The predicted octanol–water partition coefficient (Wildman–Crippen LogP) is 10.00. The van der Waals surface area contributed by atoms with E-state index in [0.29, 0.717) is 86.2 Å². The molecular formula is C87H80F2K2O13P2. The van der Waals surface area contributed by atoms with Crippen LogP contribution in [0.4, 0.5) is 8.78 Å². The molecule has 19 heteroatoms. The van der Waals surface area contributed by atoms with Crippen molar-refractivity contribution in [3.63, 3.8) is 0 Å². The van der Waals surface area contributed by atoms with E-state index in [1.54, 1.807) is 79.9 Å². The van der Waals surface area contributed by atoms with Crippen LogP contribution in [0.15, 0.2) is 255 Å². The first-order valence-corrected chi connectivity index (χ1v) is 38.5. The molecule has 0 saturated heterocycles. The molecule has 18 rings (SSSR count). The van der Waals surface area contributed by atoms with Crippen LogP contribution < -0.4 is 149 Å². The molecule has 10 aromatic carbocycles. The van der Waals surface area contributed by atoms with Crippen LogP contribution in [-0.4, -0.2) is 46.9 Å². The Labute approximate surface area is 702 Å². The van der Waals surface area contributed by atoms with Gasteiger partial charge in [0.05, 0.1) is 7.11 Å². The van der Waals surface area contributed by atoms with Gasteiger partial charge < -0.3 is 40.4 Å². The van der Waals surface area contributed by atoms with E-state index in [-0.39, 0.29) is 157 Å². The fraction of sp³-hybridized carbons (Fsp3) is 0.253. The zero-order valence-electron chi connectivity index (χ0n) is 60.7. The third-order valence-electron chi connectivity index (χ3n) is 22.3. The molecule has 0 heterocycles. The van der Waals surface area contributed by atoms with Gasteiger partial charge in [-0.3, -0.25) is 24.0 Å². The Morgan fingerprint density at radius 2 is 0.651 bits per heavy atom. The molecule has 0 aromatic heterocycles. The number of phenolic OH excluding ortho intramolecular Hbond substituents is 2. The van der Waals surface area contributed by atoms with E-state index >= 15 is 0 Å². The standard InChI is InChI=1S/C44H41O5P.C24H24O4.C18H13F2OP.CH2O3.2K.H/c1-30-8-20-39(21-9-30)50(47,38-6-4-3-5-7-38)40-22-18-37(19-23-40)49-36-16-12-34(13-17-36)42(46)44-27-31-24-32(28-44)26-43(25-31,29-44)41(45)33-10-14-35(48-2)15-11-33;25-19-5-1-17(2-6-19)21(27)23-10-15-9-16(11-23)13-24(12-15,14-23)22(28)18-3-7-20(26)8-4-18;19-14-6-10-17(11-7-14)22(21,16-4-2-1-3-5-16)18-12-8-15(20)9-13-18;2-1-4-3;;;/h3-23,31-32H,24-29H2,1-2H3;1-8,15-16,25-26H,9-14H2;1-13H;1,3H;;;/q;;;;2*+1;-1/p-1. The molecule has 2 N–H and O–H groups in total. The van der Waals surface area contributed by atoms with Gasteiger partial charge in [0.2, 0.25) is 0 Å². The third kappa shape index (κ3) is 16.6. The van der Waals surface area contributed by atoms with Crippen molar-refractivity contribution in [1.82, 2.24) is 0 Å². The van der Waals surface area contributed by atoms with Gasteiger partial charge in [0.25, 0.3) is 6.47 Å². The average molecular weight is 1510 g/mol. The second kappa shape index (κ2) is 33.9. The quantitative estimate of drug-likeness (QED) is 0.0205. The zero-order valence-corrected chi connectivity index (χ0v) is 67.7. The van der Waals surface area contributed by atoms with Gasteiger partial charge in [0.15, 0.2) is 37.4 Å². The Morgan fingerprint density at radius 1 is 0.406 bits per heavy atom. The number of halogens is 2. The first-order valence-electron chi connectivity index (χ1n) is 35.0. The number of methoxy groups -OCH3 is 1. The summed E-state index contributed by atoms with van der Waals surface area (Å²) in [6.45, 7) is 1.84. The minimum atomic E-state index is -3.15. The monoisotopic (exact) mass is 1510 g/mol. The van der Waals surface area contributed by atoms with Crippen molar-refractivity contribution in [2.24, 2.45) is 45.3 Å². The molecule has 8 aliphatic carbocycles. The number of phenols is 2. The SMILES string of the molecule is COc1ccc(C(=O)C23CC4CC(C2)CC(C(=O)c2ccc(Oc5ccc(P(=O)(c6ccccc6)c6ccc(C)cc6)cc5)cc2)(C4)C3)cc1.O=C(c1ccc(O)cc1)C12CC3CC(C1)CC(C(=O)c1ccc(O)cc1)(C3)C2.O=CO[O-].O=P(c1ccccc1)(c1ccc(F)cc1)c1ccc(F)cc1.[H-].[K+].[K+]. The second-order valence-corrected chi connectivity index (χ2v) is 34.7. The maximum Gasteiger partial charge on any atom is 1.00 e. The summed E-state index contributed by atoms with van der Waals surface area (Å²) in [5, 5.41) is 31.5. The number of aromatic hydroxyl groups is 2. The Balaban J connectivity index is 0.000000181. The Morgan fingerprint density at radius 3 is 0.934 bits per heavy atom. The molecule has 3 unspecified atom stereocenters. The van der Waals surface area contributed by atoms with Crippen molar-refractivity contribution in [2.75, 3.05) is 7.11 Å². The predicted molar refractivity (Wildman–Crippen MR) is 397 cm³/mol. The molecule has 8 fully saturated rings. The first kappa shape index (κ1) is 80.1. The topological polar surface area (TPSA) is 211 Å². The van der Waals surface area contributed by atoms with E-state index in [0.717, 1.165) is 91.4 Å². The summed E-state index contributed by atoms with van der Waals surface area (Å²) in [6.07, 6.45) is 10.4. The van der Waals surface area contributed by atoms with Gasteiger partial charge in [-0.1, -0.05) is 90.5 Å². The normalized spacial score (nSPS) is 22.9. The van der Waals surface area contributed by atoms with E-state index in [4.69, 9.17) is 19.5 Å². The number of ketones is 4. The van der Waals surface area contributed by atoms with Gasteiger partial charge in [0, 0.05) is 75.7 Å². The molecule has 532 valence electrons. The summed E-state index contributed by atoms with van der Waals surface area (Å²) < 4.78 is 66.5. The fourth-order valence-corrected chi connectivity index (χ4v) is 23.8. The van der Waals surface area contributed by atoms with E-state index in [1.165, 1.54) is 48.5 Å². The van der Waals surface area contributed by atoms with Crippen molar-refractivity contribution < 1.29 is 176 Å². The Hall–Kier alpha value is -6.90. The minimum absolute atomic E-state index is 0. The van der Waals surface area contributed by atoms with E-state index in [1.807, 2.05) is 140 Å².